The molecule has 1 rings (SSSR count). The molecule has 0 aromatic carbocycles. The van der Waals surface area contributed by atoms with E-state index in [2.05, 4.69) is 13.5 Å². The van der Waals surface area contributed by atoms with Crippen molar-refractivity contribution in [2.45, 2.75) is 26.7 Å². The number of likely N-dealkylation sites (tertiary alicyclic amines) is 1. The molecule has 14 heavy (non-hydrogen) atoms. The molecule has 2 N–H and O–H groups in total. The van der Waals surface area contributed by atoms with Gasteiger partial charge in [-0.3, -0.25) is 4.79 Å². The summed E-state index contributed by atoms with van der Waals surface area (Å²) in [5.41, 5.74) is 5.25. The van der Waals surface area contributed by atoms with E-state index >= 15 is 0 Å². The second-order valence-electron chi connectivity index (χ2n) is 4.35. The smallest absolute Gasteiger partial charge is 0.232 e. The van der Waals surface area contributed by atoms with Crippen LogP contribution in [0, 0.1) is 11.3 Å². The normalized spacial score (nSPS) is 32.4. The van der Waals surface area contributed by atoms with Gasteiger partial charge in [0, 0.05) is 6.54 Å². The third-order valence-electron chi connectivity index (χ3n) is 3.43. The van der Waals surface area contributed by atoms with Crippen LogP contribution < -0.4 is 5.73 Å². The summed E-state index contributed by atoms with van der Waals surface area (Å²) in [7, 11) is 0. The van der Waals surface area contributed by atoms with Gasteiger partial charge in [-0.15, -0.1) is 0 Å². The van der Waals surface area contributed by atoms with Crippen molar-refractivity contribution < 1.29 is 4.79 Å². The van der Waals surface area contributed by atoms with Crippen LogP contribution in [-0.2, 0) is 4.79 Å². The number of nitrogens with zero attached hydrogens (tertiary/aromatic N) is 1. The Morgan fingerprint density at radius 3 is 2.86 bits per heavy atom. The van der Waals surface area contributed by atoms with Crippen LogP contribution in [0.1, 0.15) is 26.7 Å². The summed E-state index contributed by atoms with van der Waals surface area (Å²) in [5.74, 6) is 0.591. The van der Waals surface area contributed by atoms with Gasteiger partial charge in [0.15, 0.2) is 0 Å². The van der Waals surface area contributed by atoms with Crippen LogP contribution in [0.5, 0.6) is 0 Å². The number of carbonyl (C=O) groups is 1. The topological polar surface area (TPSA) is 46.3 Å². The Morgan fingerprint density at radius 2 is 2.43 bits per heavy atom. The van der Waals surface area contributed by atoms with Crippen molar-refractivity contribution in [1.29, 1.82) is 0 Å². The molecule has 1 fully saturated rings. The van der Waals surface area contributed by atoms with Crippen LogP contribution >= 0.6 is 0 Å². The molecule has 0 radical (unpaired) electrons. The summed E-state index contributed by atoms with van der Waals surface area (Å²) in [4.78, 5) is 13.7. The zero-order valence-electron chi connectivity index (χ0n) is 9.12. The molecule has 80 valence electrons. The zero-order chi connectivity index (χ0) is 10.8. The minimum absolute atomic E-state index is 0.202. The molecular formula is C11H20N2O. The lowest BCUT2D eigenvalue weighted by molar-refractivity contribution is -0.134. The van der Waals surface area contributed by atoms with Crippen molar-refractivity contribution in [1.82, 2.24) is 4.90 Å². The summed E-state index contributed by atoms with van der Waals surface area (Å²) in [6.45, 7) is 9.27. The Hall–Kier alpha value is -0.830. The van der Waals surface area contributed by atoms with Crippen molar-refractivity contribution in [3.8, 4) is 0 Å². The largest absolute Gasteiger partial charge is 0.330 e. The Morgan fingerprint density at radius 1 is 1.79 bits per heavy atom. The quantitative estimate of drug-likeness (QED) is 0.738. The number of hydrogen-bond donors (Lipinski definition) is 1. The Bertz CT molecular complexity index is 239. The van der Waals surface area contributed by atoms with E-state index in [4.69, 9.17) is 5.73 Å². The molecule has 2 unspecified atom stereocenters. The maximum atomic E-state index is 12.0. The maximum Gasteiger partial charge on any atom is 0.232 e. The summed E-state index contributed by atoms with van der Waals surface area (Å²) in [5, 5.41) is 0. The highest BCUT2D eigenvalue weighted by atomic mass is 16.2. The third-order valence-corrected chi connectivity index (χ3v) is 3.43. The van der Waals surface area contributed by atoms with E-state index in [9.17, 15) is 4.79 Å². The highest BCUT2D eigenvalue weighted by Crippen LogP contribution is 2.40. The van der Waals surface area contributed by atoms with Gasteiger partial charge in [-0.25, -0.2) is 0 Å². The predicted molar refractivity (Wildman–Crippen MR) is 57.5 cm³/mol. The molecule has 1 aliphatic rings. The van der Waals surface area contributed by atoms with E-state index in [1.807, 2.05) is 6.92 Å². The number of nitrogens with two attached hydrogens (primary N) is 1. The highest BCUT2D eigenvalue weighted by Gasteiger charge is 2.46. The summed E-state index contributed by atoms with van der Waals surface area (Å²) in [6, 6.07) is 0. The van der Waals surface area contributed by atoms with Crippen LogP contribution in [0.15, 0.2) is 12.8 Å². The van der Waals surface area contributed by atoms with E-state index < -0.39 is 0 Å². The van der Waals surface area contributed by atoms with Gasteiger partial charge >= 0.3 is 0 Å². The molecule has 2 atom stereocenters. The molecule has 1 heterocycles. The fourth-order valence-corrected chi connectivity index (χ4v) is 2.10. The standard InChI is InChI=1S/C11H20N2O/c1-4-13-8-9(2)11(3,10(13)14)6-5-7-12/h4,9H,1,5-8,12H2,2-3H3. The van der Waals surface area contributed by atoms with Gasteiger partial charge < -0.3 is 10.6 Å². The van der Waals surface area contributed by atoms with E-state index in [1.54, 1.807) is 11.1 Å². The van der Waals surface area contributed by atoms with Crippen LogP contribution in [0.3, 0.4) is 0 Å². The Balaban J connectivity index is 2.76. The fraction of sp³-hybridized carbons (Fsp3) is 0.727. The maximum absolute atomic E-state index is 12.0. The van der Waals surface area contributed by atoms with Gasteiger partial charge in [0.2, 0.25) is 5.91 Å². The van der Waals surface area contributed by atoms with Gasteiger partial charge in [-0.1, -0.05) is 20.4 Å². The molecule has 0 aromatic heterocycles. The van der Waals surface area contributed by atoms with E-state index in [-0.39, 0.29) is 11.3 Å². The van der Waals surface area contributed by atoms with Gasteiger partial charge in [0.25, 0.3) is 0 Å². The first kappa shape index (κ1) is 11.2. The first-order valence-corrected chi connectivity index (χ1v) is 5.20. The lowest BCUT2D eigenvalue weighted by Gasteiger charge is -2.25. The zero-order valence-corrected chi connectivity index (χ0v) is 9.12. The van der Waals surface area contributed by atoms with Crippen molar-refractivity contribution in [3.05, 3.63) is 12.8 Å². The number of rotatable bonds is 4. The minimum Gasteiger partial charge on any atom is -0.330 e. The van der Waals surface area contributed by atoms with Crippen molar-refractivity contribution in [3.63, 3.8) is 0 Å². The third kappa shape index (κ3) is 1.69. The molecule has 1 amide bonds. The predicted octanol–water partition coefficient (Wildman–Crippen LogP) is 1.35. The second-order valence-corrected chi connectivity index (χ2v) is 4.35. The molecule has 0 spiro atoms. The van der Waals surface area contributed by atoms with Gasteiger partial charge in [-0.2, -0.15) is 0 Å². The molecule has 1 saturated heterocycles. The lowest BCUT2D eigenvalue weighted by Crippen LogP contribution is -2.32. The second kappa shape index (κ2) is 4.13. The van der Waals surface area contributed by atoms with E-state index in [0.29, 0.717) is 12.5 Å². The summed E-state index contributed by atoms with van der Waals surface area (Å²) >= 11 is 0. The molecule has 0 aliphatic carbocycles. The average Bonchev–Trinajstić information content (AvgIpc) is 2.40. The van der Waals surface area contributed by atoms with Gasteiger partial charge in [0.05, 0.1) is 5.41 Å². The lowest BCUT2D eigenvalue weighted by atomic mass is 9.77. The number of carbonyl (C=O) groups excluding carboxylic acids is 1. The molecular weight excluding hydrogens is 176 g/mol. The number of amides is 1. The fourth-order valence-electron chi connectivity index (χ4n) is 2.10. The van der Waals surface area contributed by atoms with Crippen molar-refractivity contribution in [2.24, 2.45) is 17.1 Å². The molecule has 0 aromatic rings. The van der Waals surface area contributed by atoms with Gasteiger partial charge in [-0.05, 0) is 31.5 Å². The number of hydrogen-bond acceptors (Lipinski definition) is 2. The molecule has 0 bridgehead atoms. The average molecular weight is 196 g/mol. The first-order chi connectivity index (χ1) is 6.56. The van der Waals surface area contributed by atoms with E-state index in [0.717, 1.165) is 19.4 Å². The molecule has 0 saturated carbocycles. The molecule has 1 aliphatic heterocycles. The van der Waals surface area contributed by atoms with Crippen molar-refractivity contribution >= 4 is 5.91 Å². The van der Waals surface area contributed by atoms with Crippen LogP contribution in [0.4, 0.5) is 0 Å². The van der Waals surface area contributed by atoms with Crippen LogP contribution in [-0.4, -0.2) is 23.9 Å². The van der Waals surface area contributed by atoms with Crippen molar-refractivity contribution in [2.75, 3.05) is 13.1 Å². The SMILES string of the molecule is C=CN1CC(C)C(C)(CCCN)C1=O. The van der Waals surface area contributed by atoms with Crippen LogP contribution in [0.25, 0.3) is 0 Å². The molecule has 3 heteroatoms. The molecule has 3 nitrogen and oxygen atoms in total. The van der Waals surface area contributed by atoms with Crippen LogP contribution in [0.2, 0.25) is 0 Å². The summed E-state index contributed by atoms with van der Waals surface area (Å²) in [6.07, 6.45) is 3.43. The Labute approximate surface area is 86.0 Å². The summed E-state index contributed by atoms with van der Waals surface area (Å²) < 4.78 is 0. The highest BCUT2D eigenvalue weighted by molar-refractivity contribution is 5.85. The monoisotopic (exact) mass is 196 g/mol. The minimum atomic E-state index is -0.229. The first-order valence-electron chi connectivity index (χ1n) is 5.20. The van der Waals surface area contributed by atoms with Gasteiger partial charge in [0.1, 0.15) is 0 Å². The Kier molecular flexibility index (Phi) is 3.32. The van der Waals surface area contributed by atoms with E-state index in [1.165, 1.54) is 0 Å².